The van der Waals surface area contributed by atoms with E-state index in [2.05, 4.69) is 0 Å². The van der Waals surface area contributed by atoms with Crippen molar-refractivity contribution >= 4 is 17.5 Å². The first kappa shape index (κ1) is 12.4. The van der Waals surface area contributed by atoms with E-state index in [1.165, 1.54) is 14.2 Å². The van der Waals surface area contributed by atoms with Gasteiger partial charge in [0, 0.05) is 0 Å². The second-order valence-electron chi connectivity index (χ2n) is 4.01. The Labute approximate surface area is 105 Å². The number of methoxy groups -OCH3 is 2. The first-order chi connectivity index (χ1) is 8.69. The molecule has 0 aromatic heterocycles. The van der Waals surface area contributed by atoms with Gasteiger partial charge in [-0.3, -0.25) is 4.79 Å². The number of benzene rings is 1. The summed E-state index contributed by atoms with van der Waals surface area (Å²) in [7, 11) is 2.71. The van der Waals surface area contributed by atoms with Crippen LogP contribution in [0.25, 0.3) is 5.57 Å². The van der Waals surface area contributed by atoms with Gasteiger partial charge in [0.2, 0.25) is 0 Å². The maximum Gasteiger partial charge on any atom is 0.338 e. The summed E-state index contributed by atoms with van der Waals surface area (Å²) in [6.45, 7) is 0. The van der Waals surface area contributed by atoms with Crippen LogP contribution >= 0.6 is 0 Å². The van der Waals surface area contributed by atoms with Gasteiger partial charge >= 0.3 is 11.9 Å². The maximum atomic E-state index is 11.7. The summed E-state index contributed by atoms with van der Waals surface area (Å²) in [5.74, 6) is -1.02. The molecule has 0 amide bonds. The van der Waals surface area contributed by atoms with Gasteiger partial charge in [0.1, 0.15) is 0 Å². The van der Waals surface area contributed by atoms with Gasteiger partial charge in [0.25, 0.3) is 0 Å². The number of ether oxygens (including phenoxy) is 2. The van der Waals surface area contributed by atoms with Crippen molar-refractivity contribution in [1.29, 1.82) is 0 Å². The highest BCUT2D eigenvalue weighted by molar-refractivity contribution is 6.17. The lowest BCUT2D eigenvalue weighted by molar-refractivity contribution is -0.142. The molecular formula is C14H14O4. The number of hydrogen-bond donors (Lipinski definition) is 0. The van der Waals surface area contributed by atoms with Crippen molar-refractivity contribution in [2.45, 2.75) is 12.3 Å². The molecule has 0 aliphatic heterocycles. The minimum absolute atomic E-state index is 0.289. The van der Waals surface area contributed by atoms with E-state index < -0.39 is 0 Å². The number of fused-ring (bicyclic) bond motifs is 1. The van der Waals surface area contributed by atoms with Gasteiger partial charge in [-0.15, -0.1) is 0 Å². The number of allylic oxidation sites excluding steroid dienone is 1. The zero-order valence-electron chi connectivity index (χ0n) is 10.3. The number of carbonyl (C=O) groups excluding carboxylic acids is 2. The third kappa shape index (κ3) is 2.01. The average molecular weight is 246 g/mol. The highest BCUT2D eigenvalue weighted by Gasteiger charge is 2.30. The molecule has 1 aliphatic rings. The number of esters is 2. The molecule has 1 aromatic carbocycles. The van der Waals surface area contributed by atoms with Gasteiger partial charge in [0.15, 0.2) is 0 Å². The summed E-state index contributed by atoms with van der Waals surface area (Å²) in [5, 5.41) is 0. The first-order valence-corrected chi connectivity index (χ1v) is 5.64. The van der Waals surface area contributed by atoms with Crippen molar-refractivity contribution in [3.8, 4) is 0 Å². The van der Waals surface area contributed by atoms with Crippen LogP contribution in [0.5, 0.6) is 0 Å². The molecule has 0 heterocycles. The minimum Gasteiger partial charge on any atom is -0.469 e. The predicted octanol–water partition coefficient (Wildman–Crippen LogP) is 1.90. The zero-order chi connectivity index (χ0) is 13.1. The molecule has 1 unspecified atom stereocenters. The Morgan fingerprint density at radius 2 is 1.89 bits per heavy atom. The smallest absolute Gasteiger partial charge is 0.338 e. The number of carbonyl (C=O) groups is 2. The Morgan fingerprint density at radius 3 is 2.56 bits per heavy atom. The molecule has 0 spiro atoms. The molecule has 1 aliphatic carbocycles. The van der Waals surface area contributed by atoms with E-state index >= 15 is 0 Å². The van der Waals surface area contributed by atoms with E-state index in [4.69, 9.17) is 9.47 Å². The lowest BCUT2D eigenvalue weighted by Crippen LogP contribution is -2.20. The Balaban J connectivity index is 2.47. The molecule has 0 saturated carbocycles. The molecule has 1 aromatic rings. The Kier molecular flexibility index (Phi) is 3.46. The van der Waals surface area contributed by atoms with Crippen LogP contribution < -0.4 is 0 Å². The van der Waals surface area contributed by atoms with Crippen molar-refractivity contribution in [2.75, 3.05) is 14.2 Å². The van der Waals surface area contributed by atoms with Gasteiger partial charge < -0.3 is 9.47 Å². The van der Waals surface area contributed by atoms with Crippen LogP contribution in [0.3, 0.4) is 0 Å². The third-order valence-corrected chi connectivity index (χ3v) is 3.08. The van der Waals surface area contributed by atoms with E-state index in [0.717, 1.165) is 11.1 Å². The van der Waals surface area contributed by atoms with Crippen LogP contribution in [-0.4, -0.2) is 26.2 Å². The first-order valence-electron chi connectivity index (χ1n) is 5.64. The van der Waals surface area contributed by atoms with Crippen LogP contribution in [0.15, 0.2) is 30.3 Å². The summed E-state index contributed by atoms with van der Waals surface area (Å²) in [5.41, 5.74) is 2.06. The Hall–Kier alpha value is -2.10. The molecule has 2 rings (SSSR count). The number of hydrogen-bond acceptors (Lipinski definition) is 4. The molecule has 4 heteroatoms. The third-order valence-electron chi connectivity index (χ3n) is 3.08. The second kappa shape index (κ2) is 5.04. The van der Waals surface area contributed by atoms with Crippen LogP contribution in [0.1, 0.15) is 23.5 Å². The van der Waals surface area contributed by atoms with Crippen molar-refractivity contribution in [1.82, 2.24) is 0 Å². The molecular weight excluding hydrogens is 232 g/mol. The van der Waals surface area contributed by atoms with Gasteiger partial charge in [-0.2, -0.15) is 0 Å². The molecule has 0 fully saturated rings. The molecule has 0 N–H and O–H groups in total. The largest absolute Gasteiger partial charge is 0.469 e. The summed E-state index contributed by atoms with van der Waals surface area (Å²) < 4.78 is 9.53. The lowest BCUT2D eigenvalue weighted by Gasteiger charge is -2.22. The molecule has 0 bridgehead atoms. The summed E-state index contributed by atoms with van der Waals surface area (Å²) in [4.78, 5) is 23.4. The topological polar surface area (TPSA) is 52.6 Å². The van der Waals surface area contributed by atoms with Gasteiger partial charge in [-0.25, -0.2) is 4.79 Å². The normalized spacial score (nSPS) is 17.4. The SMILES string of the molecule is COC(=O)C1=CCC(C(=O)OC)c2ccccc21. The van der Waals surface area contributed by atoms with E-state index in [1.807, 2.05) is 24.3 Å². The summed E-state index contributed by atoms with van der Waals surface area (Å²) in [6.07, 6.45) is 2.18. The standard InChI is InChI=1S/C14H14O4/c1-17-13(15)11-7-8-12(14(16)18-2)10-6-4-3-5-9(10)11/h3-7,12H,8H2,1-2H3. The molecule has 18 heavy (non-hydrogen) atoms. The highest BCUT2D eigenvalue weighted by atomic mass is 16.5. The fraction of sp³-hybridized carbons (Fsp3) is 0.286. The van der Waals surface area contributed by atoms with Crippen molar-refractivity contribution in [2.24, 2.45) is 0 Å². The quantitative estimate of drug-likeness (QED) is 0.748. The number of rotatable bonds is 2. The van der Waals surface area contributed by atoms with Crippen molar-refractivity contribution < 1.29 is 19.1 Å². The van der Waals surface area contributed by atoms with Crippen molar-refractivity contribution in [3.05, 3.63) is 41.5 Å². The average Bonchev–Trinajstić information content (AvgIpc) is 2.44. The van der Waals surface area contributed by atoms with Crippen molar-refractivity contribution in [3.63, 3.8) is 0 Å². The minimum atomic E-state index is -0.384. The van der Waals surface area contributed by atoms with E-state index in [-0.39, 0.29) is 17.9 Å². The molecule has 1 atom stereocenters. The zero-order valence-corrected chi connectivity index (χ0v) is 10.3. The van der Waals surface area contributed by atoms with Gasteiger partial charge in [-0.05, 0) is 17.5 Å². The van der Waals surface area contributed by atoms with E-state index in [1.54, 1.807) is 6.08 Å². The molecule has 0 saturated heterocycles. The maximum absolute atomic E-state index is 11.7. The summed E-state index contributed by atoms with van der Waals surface area (Å²) in [6, 6.07) is 7.32. The summed E-state index contributed by atoms with van der Waals surface area (Å²) >= 11 is 0. The van der Waals surface area contributed by atoms with E-state index in [9.17, 15) is 9.59 Å². The Morgan fingerprint density at radius 1 is 1.17 bits per heavy atom. The second-order valence-corrected chi connectivity index (χ2v) is 4.01. The predicted molar refractivity (Wildman–Crippen MR) is 65.8 cm³/mol. The lowest BCUT2D eigenvalue weighted by atomic mass is 9.83. The molecule has 0 radical (unpaired) electrons. The van der Waals surface area contributed by atoms with Crippen LogP contribution in [0, 0.1) is 0 Å². The fourth-order valence-corrected chi connectivity index (χ4v) is 2.19. The van der Waals surface area contributed by atoms with Gasteiger partial charge in [-0.1, -0.05) is 30.3 Å². The highest BCUT2D eigenvalue weighted by Crippen LogP contribution is 2.35. The monoisotopic (exact) mass is 246 g/mol. The van der Waals surface area contributed by atoms with E-state index in [0.29, 0.717) is 12.0 Å². The van der Waals surface area contributed by atoms with Gasteiger partial charge in [0.05, 0.1) is 25.7 Å². The Bertz CT molecular complexity index is 516. The van der Waals surface area contributed by atoms with Crippen LogP contribution in [0.2, 0.25) is 0 Å². The fourth-order valence-electron chi connectivity index (χ4n) is 2.19. The molecule has 4 nitrogen and oxygen atoms in total. The van der Waals surface area contributed by atoms with Crippen LogP contribution in [-0.2, 0) is 19.1 Å². The molecule has 94 valence electrons. The van der Waals surface area contributed by atoms with Crippen LogP contribution in [0.4, 0.5) is 0 Å².